The second-order valence-corrected chi connectivity index (χ2v) is 7.27. The molecular formula is C22H26O6. The van der Waals surface area contributed by atoms with Gasteiger partial charge in [-0.3, -0.25) is 9.59 Å². The topological polar surface area (TPSA) is 71.1 Å². The van der Waals surface area contributed by atoms with E-state index >= 15 is 0 Å². The van der Waals surface area contributed by atoms with Crippen LogP contribution in [0.25, 0.3) is 10.8 Å². The molecule has 2 aromatic rings. The number of rotatable bonds is 5. The lowest BCUT2D eigenvalue weighted by Gasteiger charge is -2.40. The maximum absolute atomic E-state index is 12.7. The molecule has 0 aromatic heterocycles. The van der Waals surface area contributed by atoms with Crippen molar-refractivity contribution >= 4 is 22.7 Å². The fourth-order valence-corrected chi connectivity index (χ4v) is 4.38. The molecule has 0 saturated heterocycles. The Morgan fingerprint density at radius 3 is 2.39 bits per heavy atom. The highest BCUT2D eigenvalue weighted by atomic mass is 16.5. The molecule has 2 aromatic carbocycles. The van der Waals surface area contributed by atoms with Crippen molar-refractivity contribution in [2.24, 2.45) is 5.41 Å². The zero-order chi connectivity index (χ0) is 20.5. The van der Waals surface area contributed by atoms with Gasteiger partial charge in [0.2, 0.25) is 0 Å². The summed E-state index contributed by atoms with van der Waals surface area (Å²) in [6.07, 6.45) is 1.31. The third-order valence-corrected chi connectivity index (χ3v) is 5.96. The minimum atomic E-state index is -0.837. The van der Waals surface area contributed by atoms with Crippen LogP contribution in [0, 0.1) is 5.41 Å². The van der Waals surface area contributed by atoms with Crippen molar-refractivity contribution in [2.75, 3.05) is 28.4 Å². The van der Waals surface area contributed by atoms with Gasteiger partial charge in [0.15, 0.2) is 0 Å². The highest BCUT2D eigenvalue weighted by molar-refractivity contribution is 5.97. The van der Waals surface area contributed by atoms with E-state index in [4.69, 9.17) is 18.9 Å². The summed E-state index contributed by atoms with van der Waals surface area (Å²) in [5.41, 5.74) is 1.14. The lowest BCUT2D eigenvalue weighted by Crippen LogP contribution is -2.40. The lowest BCUT2D eigenvalue weighted by molar-refractivity contribution is -0.155. The summed E-state index contributed by atoms with van der Waals surface area (Å²) in [6, 6.07) is 7.75. The second kappa shape index (κ2) is 7.70. The maximum atomic E-state index is 12.7. The molecule has 2 atom stereocenters. The van der Waals surface area contributed by atoms with Crippen molar-refractivity contribution in [2.45, 2.75) is 32.1 Å². The molecule has 1 aliphatic rings. The van der Waals surface area contributed by atoms with Gasteiger partial charge < -0.3 is 18.9 Å². The SMILES string of the molecule is COC(=O)C[C@H]1c2cc(OC)c3cccc(OC)c3c2CC[C@@]1(C)C(=O)OC. The predicted molar refractivity (Wildman–Crippen MR) is 105 cm³/mol. The predicted octanol–water partition coefficient (Wildman–Crippen LogP) is 3.63. The molecule has 0 unspecified atom stereocenters. The van der Waals surface area contributed by atoms with Gasteiger partial charge >= 0.3 is 11.9 Å². The Morgan fingerprint density at radius 1 is 1.07 bits per heavy atom. The first-order valence-electron chi connectivity index (χ1n) is 9.23. The Labute approximate surface area is 164 Å². The van der Waals surface area contributed by atoms with Gasteiger partial charge in [-0.15, -0.1) is 0 Å². The Hall–Kier alpha value is -2.76. The summed E-state index contributed by atoms with van der Waals surface area (Å²) < 4.78 is 21.3. The van der Waals surface area contributed by atoms with E-state index in [1.807, 2.05) is 31.2 Å². The highest BCUT2D eigenvalue weighted by Crippen LogP contribution is 2.52. The standard InChI is InChI=1S/C22H26O6/c1-22(21(24)28-5)10-9-13-15(16(22)12-19(23)27-4)11-18(26-3)14-7-6-8-17(25-2)20(13)14/h6-8,11,16H,9-10,12H2,1-5H3/t16-,22+/m0/s1. The van der Waals surface area contributed by atoms with Crippen molar-refractivity contribution < 1.29 is 28.5 Å². The van der Waals surface area contributed by atoms with Gasteiger partial charge in [-0.05, 0) is 43.0 Å². The molecule has 0 amide bonds. The number of fused-ring (bicyclic) bond motifs is 3. The first-order valence-corrected chi connectivity index (χ1v) is 9.23. The number of hydrogen-bond acceptors (Lipinski definition) is 6. The van der Waals surface area contributed by atoms with E-state index < -0.39 is 5.41 Å². The lowest BCUT2D eigenvalue weighted by atomic mass is 9.63. The molecule has 3 rings (SSSR count). The Morgan fingerprint density at radius 2 is 1.79 bits per heavy atom. The second-order valence-electron chi connectivity index (χ2n) is 7.27. The number of aryl methyl sites for hydroxylation is 1. The summed E-state index contributed by atoms with van der Waals surface area (Å²) in [5.74, 6) is 0.334. The fourth-order valence-electron chi connectivity index (χ4n) is 4.38. The molecule has 1 aliphatic carbocycles. The van der Waals surface area contributed by atoms with E-state index in [9.17, 15) is 9.59 Å². The summed E-state index contributed by atoms with van der Waals surface area (Å²) in [4.78, 5) is 24.9. The third kappa shape index (κ3) is 3.07. The van der Waals surface area contributed by atoms with Crippen LogP contribution in [0.5, 0.6) is 11.5 Å². The maximum Gasteiger partial charge on any atom is 0.312 e. The molecule has 6 heteroatoms. The van der Waals surface area contributed by atoms with Gasteiger partial charge in [0.25, 0.3) is 0 Å². The average molecular weight is 386 g/mol. The van der Waals surface area contributed by atoms with Gasteiger partial charge in [0.05, 0.1) is 40.3 Å². The summed E-state index contributed by atoms with van der Waals surface area (Å²) in [6.45, 7) is 1.86. The number of carbonyl (C=O) groups excluding carboxylic acids is 2. The molecule has 6 nitrogen and oxygen atoms in total. The van der Waals surface area contributed by atoms with Gasteiger partial charge in [-0.1, -0.05) is 12.1 Å². The third-order valence-electron chi connectivity index (χ3n) is 5.96. The Bertz CT molecular complexity index is 919. The normalized spacial score (nSPS) is 21.0. The van der Waals surface area contributed by atoms with Crippen LogP contribution in [0.1, 0.15) is 36.8 Å². The average Bonchev–Trinajstić information content (AvgIpc) is 2.73. The van der Waals surface area contributed by atoms with Crippen LogP contribution in [0.3, 0.4) is 0 Å². The number of hydrogen-bond donors (Lipinski definition) is 0. The largest absolute Gasteiger partial charge is 0.496 e. The molecular weight excluding hydrogens is 360 g/mol. The first-order chi connectivity index (χ1) is 13.4. The Kier molecular flexibility index (Phi) is 5.49. The molecule has 0 saturated carbocycles. The first kappa shape index (κ1) is 20.0. The zero-order valence-corrected chi connectivity index (χ0v) is 17.0. The van der Waals surface area contributed by atoms with E-state index in [0.717, 1.165) is 27.6 Å². The molecule has 0 aliphatic heterocycles. The van der Waals surface area contributed by atoms with Gasteiger partial charge in [0, 0.05) is 16.7 Å². The molecule has 0 N–H and O–H groups in total. The number of benzene rings is 2. The van der Waals surface area contributed by atoms with Crippen LogP contribution in [-0.4, -0.2) is 40.4 Å². The van der Waals surface area contributed by atoms with Crippen molar-refractivity contribution in [3.05, 3.63) is 35.4 Å². The van der Waals surface area contributed by atoms with Crippen molar-refractivity contribution in [3.63, 3.8) is 0 Å². The summed E-state index contributed by atoms with van der Waals surface area (Å²) in [7, 11) is 5.97. The van der Waals surface area contributed by atoms with Crippen LogP contribution >= 0.6 is 0 Å². The minimum absolute atomic E-state index is 0.0823. The molecule has 0 heterocycles. The van der Waals surface area contributed by atoms with E-state index in [-0.39, 0.29) is 24.3 Å². The van der Waals surface area contributed by atoms with Crippen LogP contribution < -0.4 is 9.47 Å². The number of methoxy groups -OCH3 is 4. The number of ether oxygens (including phenoxy) is 4. The van der Waals surface area contributed by atoms with E-state index in [2.05, 4.69) is 0 Å². The van der Waals surface area contributed by atoms with E-state index in [0.29, 0.717) is 18.6 Å². The minimum Gasteiger partial charge on any atom is -0.496 e. The van der Waals surface area contributed by atoms with Gasteiger partial charge in [-0.2, -0.15) is 0 Å². The van der Waals surface area contributed by atoms with Gasteiger partial charge in [-0.25, -0.2) is 0 Å². The van der Waals surface area contributed by atoms with Gasteiger partial charge in [0.1, 0.15) is 11.5 Å². The summed E-state index contributed by atoms with van der Waals surface area (Å²) in [5, 5.41) is 1.90. The monoisotopic (exact) mass is 386 g/mol. The molecule has 0 radical (unpaired) electrons. The molecule has 0 fully saturated rings. The Balaban J connectivity index is 2.32. The molecule has 0 bridgehead atoms. The fraction of sp³-hybridized carbons (Fsp3) is 0.455. The number of carbonyl (C=O) groups is 2. The quantitative estimate of drug-likeness (QED) is 0.731. The highest BCUT2D eigenvalue weighted by Gasteiger charge is 2.48. The molecule has 150 valence electrons. The van der Waals surface area contributed by atoms with E-state index in [1.165, 1.54) is 14.2 Å². The molecule has 0 spiro atoms. The van der Waals surface area contributed by atoms with Crippen LogP contribution in [0.15, 0.2) is 24.3 Å². The van der Waals surface area contributed by atoms with Crippen LogP contribution in [0.2, 0.25) is 0 Å². The van der Waals surface area contributed by atoms with E-state index in [1.54, 1.807) is 14.2 Å². The summed E-state index contributed by atoms with van der Waals surface area (Å²) >= 11 is 0. The number of esters is 2. The van der Waals surface area contributed by atoms with Crippen LogP contribution in [-0.2, 0) is 25.5 Å². The van der Waals surface area contributed by atoms with Crippen LogP contribution in [0.4, 0.5) is 0 Å². The zero-order valence-electron chi connectivity index (χ0n) is 17.0. The smallest absolute Gasteiger partial charge is 0.312 e. The molecule has 28 heavy (non-hydrogen) atoms. The van der Waals surface area contributed by atoms with Crippen molar-refractivity contribution in [1.29, 1.82) is 0 Å². The van der Waals surface area contributed by atoms with Crippen molar-refractivity contribution in [1.82, 2.24) is 0 Å². The van der Waals surface area contributed by atoms with Crippen molar-refractivity contribution in [3.8, 4) is 11.5 Å².